The van der Waals surface area contributed by atoms with E-state index in [1.807, 2.05) is 26.0 Å². The quantitative estimate of drug-likeness (QED) is 0.510. The van der Waals surface area contributed by atoms with Crippen LogP contribution in [0.4, 0.5) is 8.78 Å². The van der Waals surface area contributed by atoms with E-state index in [2.05, 4.69) is 20.3 Å². The number of nitrogens with zero attached hydrogens (tertiary/aromatic N) is 5. The second-order valence-corrected chi connectivity index (χ2v) is 7.21. The number of rotatable bonds is 5. The zero-order valence-corrected chi connectivity index (χ0v) is 16.6. The SMILES string of the molecule is CC(C)c1ccc(-c2c(F)cc(-n3cc(-c4cnc(C(=O)O)nc4)nn3)cc2F)cc1. The summed E-state index contributed by atoms with van der Waals surface area (Å²) in [5.74, 6) is -2.73. The summed E-state index contributed by atoms with van der Waals surface area (Å²) in [6.07, 6.45) is 4.02. The first-order valence-corrected chi connectivity index (χ1v) is 9.41. The lowest BCUT2D eigenvalue weighted by Gasteiger charge is -2.10. The van der Waals surface area contributed by atoms with Gasteiger partial charge in [0.15, 0.2) is 0 Å². The van der Waals surface area contributed by atoms with E-state index in [0.29, 0.717) is 22.7 Å². The van der Waals surface area contributed by atoms with E-state index >= 15 is 0 Å². The molecule has 4 aromatic rings. The molecule has 156 valence electrons. The maximum absolute atomic E-state index is 14.8. The van der Waals surface area contributed by atoms with Crippen molar-refractivity contribution in [3.8, 4) is 28.1 Å². The van der Waals surface area contributed by atoms with Crippen LogP contribution in [0.2, 0.25) is 0 Å². The van der Waals surface area contributed by atoms with Crippen LogP contribution in [0.3, 0.4) is 0 Å². The Kier molecular flexibility index (Phi) is 5.24. The number of carboxylic acid groups (broad SMARTS) is 1. The van der Waals surface area contributed by atoms with Crippen molar-refractivity contribution in [3.63, 3.8) is 0 Å². The summed E-state index contributed by atoms with van der Waals surface area (Å²) >= 11 is 0. The van der Waals surface area contributed by atoms with E-state index in [-0.39, 0.29) is 17.1 Å². The van der Waals surface area contributed by atoms with Gasteiger partial charge in [-0.2, -0.15) is 0 Å². The third-order valence-electron chi connectivity index (χ3n) is 4.79. The van der Waals surface area contributed by atoms with E-state index in [4.69, 9.17) is 5.11 Å². The Balaban J connectivity index is 1.65. The van der Waals surface area contributed by atoms with Crippen LogP contribution in [0, 0.1) is 11.6 Å². The number of benzene rings is 2. The summed E-state index contributed by atoms with van der Waals surface area (Å²) in [4.78, 5) is 18.3. The first kappa shape index (κ1) is 20.3. The fourth-order valence-corrected chi connectivity index (χ4v) is 3.10. The van der Waals surface area contributed by atoms with Crippen molar-refractivity contribution in [1.82, 2.24) is 25.0 Å². The van der Waals surface area contributed by atoms with Gasteiger partial charge in [0.2, 0.25) is 5.82 Å². The van der Waals surface area contributed by atoms with E-state index < -0.39 is 17.6 Å². The Morgan fingerprint density at radius 1 is 1.00 bits per heavy atom. The minimum atomic E-state index is -1.25. The summed E-state index contributed by atoms with van der Waals surface area (Å²) in [7, 11) is 0. The molecule has 1 N–H and O–H groups in total. The van der Waals surface area contributed by atoms with Crippen LogP contribution in [0.1, 0.15) is 35.9 Å². The summed E-state index contributed by atoms with van der Waals surface area (Å²) in [6, 6.07) is 9.46. The fourth-order valence-electron chi connectivity index (χ4n) is 3.10. The highest BCUT2D eigenvalue weighted by molar-refractivity contribution is 5.83. The van der Waals surface area contributed by atoms with Gasteiger partial charge in [-0.15, -0.1) is 5.10 Å². The minimum Gasteiger partial charge on any atom is -0.475 e. The normalized spacial score (nSPS) is 11.1. The van der Waals surface area contributed by atoms with E-state index in [0.717, 1.165) is 5.56 Å². The van der Waals surface area contributed by atoms with Gasteiger partial charge in [-0.3, -0.25) is 0 Å². The molecule has 0 aliphatic carbocycles. The van der Waals surface area contributed by atoms with Crippen LogP contribution in [-0.2, 0) is 0 Å². The molecule has 0 fully saturated rings. The van der Waals surface area contributed by atoms with Gasteiger partial charge in [-0.05, 0) is 17.0 Å². The molecule has 0 spiro atoms. The van der Waals surface area contributed by atoms with Gasteiger partial charge in [0.1, 0.15) is 17.3 Å². The van der Waals surface area contributed by atoms with Crippen molar-refractivity contribution >= 4 is 5.97 Å². The van der Waals surface area contributed by atoms with Crippen molar-refractivity contribution in [3.05, 3.63) is 78.0 Å². The molecule has 0 atom stereocenters. The first-order chi connectivity index (χ1) is 14.8. The molecule has 0 bridgehead atoms. The lowest BCUT2D eigenvalue weighted by Crippen LogP contribution is -2.03. The van der Waals surface area contributed by atoms with Gasteiger partial charge in [0, 0.05) is 30.1 Å². The molecule has 2 heterocycles. The number of hydrogen-bond acceptors (Lipinski definition) is 5. The Bertz CT molecular complexity index is 1230. The average Bonchev–Trinajstić information content (AvgIpc) is 3.24. The highest BCUT2D eigenvalue weighted by Gasteiger charge is 2.16. The standard InChI is InChI=1S/C22H17F2N5O2/c1-12(2)13-3-5-14(6-4-13)20-17(23)7-16(8-18(20)24)29-11-19(27-28-29)15-9-25-21(22(30)31)26-10-15/h3-12H,1-2H3,(H,30,31). The minimum absolute atomic E-state index is 0.114. The number of halogens is 2. The lowest BCUT2D eigenvalue weighted by molar-refractivity contribution is 0.0683. The maximum Gasteiger partial charge on any atom is 0.373 e. The third kappa shape index (κ3) is 4.02. The number of carboxylic acids is 1. The second-order valence-electron chi connectivity index (χ2n) is 7.21. The number of aromatic nitrogens is 5. The predicted molar refractivity (Wildman–Crippen MR) is 109 cm³/mol. The molecule has 4 rings (SSSR count). The van der Waals surface area contributed by atoms with E-state index in [1.165, 1.54) is 35.4 Å². The Hall–Kier alpha value is -4.01. The molecule has 0 aliphatic heterocycles. The predicted octanol–water partition coefficient (Wildman–Crippen LogP) is 4.49. The van der Waals surface area contributed by atoms with Crippen LogP contribution >= 0.6 is 0 Å². The lowest BCUT2D eigenvalue weighted by atomic mass is 9.98. The third-order valence-corrected chi connectivity index (χ3v) is 4.79. The van der Waals surface area contributed by atoms with Gasteiger partial charge in [0.05, 0.1) is 17.4 Å². The molecule has 2 aromatic heterocycles. The van der Waals surface area contributed by atoms with Gasteiger partial charge >= 0.3 is 5.97 Å². The Labute approximate surface area is 176 Å². The monoisotopic (exact) mass is 421 g/mol. The van der Waals surface area contributed by atoms with Gasteiger partial charge < -0.3 is 5.11 Å². The number of aromatic carboxylic acids is 1. The van der Waals surface area contributed by atoms with E-state index in [1.54, 1.807) is 12.1 Å². The topological polar surface area (TPSA) is 93.8 Å². The number of carbonyl (C=O) groups is 1. The molecule has 9 heteroatoms. The molecular weight excluding hydrogens is 404 g/mol. The highest BCUT2D eigenvalue weighted by Crippen LogP contribution is 2.30. The molecule has 0 unspecified atom stereocenters. The molecule has 0 saturated carbocycles. The van der Waals surface area contributed by atoms with E-state index in [9.17, 15) is 13.6 Å². The molecule has 0 amide bonds. The largest absolute Gasteiger partial charge is 0.475 e. The zero-order valence-electron chi connectivity index (χ0n) is 16.6. The Morgan fingerprint density at radius 3 is 2.16 bits per heavy atom. The molecule has 31 heavy (non-hydrogen) atoms. The fraction of sp³-hybridized carbons (Fsp3) is 0.136. The molecule has 7 nitrogen and oxygen atoms in total. The molecule has 2 aromatic carbocycles. The summed E-state index contributed by atoms with van der Waals surface area (Å²) in [5.41, 5.74) is 2.30. The van der Waals surface area contributed by atoms with Crippen molar-refractivity contribution in [2.24, 2.45) is 0 Å². The summed E-state index contributed by atoms with van der Waals surface area (Å²) < 4.78 is 30.8. The average molecular weight is 421 g/mol. The molecule has 0 aliphatic rings. The first-order valence-electron chi connectivity index (χ1n) is 9.41. The van der Waals surface area contributed by atoms with Crippen molar-refractivity contribution in [2.45, 2.75) is 19.8 Å². The smallest absolute Gasteiger partial charge is 0.373 e. The molecule has 0 saturated heterocycles. The van der Waals surface area contributed by atoms with Crippen LogP contribution < -0.4 is 0 Å². The number of hydrogen-bond donors (Lipinski definition) is 1. The van der Waals surface area contributed by atoms with Crippen molar-refractivity contribution < 1.29 is 18.7 Å². The Morgan fingerprint density at radius 2 is 1.61 bits per heavy atom. The molecule has 0 radical (unpaired) electrons. The summed E-state index contributed by atoms with van der Waals surface area (Å²) in [5, 5.41) is 16.7. The van der Waals surface area contributed by atoms with Crippen LogP contribution in [-0.4, -0.2) is 36.0 Å². The van der Waals surface area contributed by atoms with Crippen molar-refractivity contribution in [2.75, 3.05) is 0 Å². The van der Waals surface area contributed by atoms with Crippen LogP contribution in [0.25, 0.3) is 28.1 Å². The zero-order chi connectivity index (χ0) is 22.1. The second kappa shape index (κ2) is 8.02. The highest BCUT2D eigenvalue weighted by atomic mass is 19.1. The van der Waals surface area contributed by atoms with Gasteiger partial charge in [-0.25, -0.2) is 28.2 Å². The van der Waals surface area contributed by atoms with Gasteiger partial charge in [-0.1, -0.05) is 43.3 Å². The van der Waals surface area contributed by atoms with Crippen molar-refractivity contribution in [1.29, 1.82) is 0 Å². The van der Waals surface area contributed by atoms with Crippen LogP contribution in [0.5, 0.6) is 0 Å². The maximum atomic E-state index is 14.8. The van der Waals surface area contributed by atoms with Crippen LogP contribution in [0.15, 0.2) is 55.0 Å². The summed E-state index contributed by atoms with van der Waals surface area (Å²) in [6.45, 7) is 4.09. The van der Waals surface area contributed by atoms with Gasteiger partial charge in [0.25, 0.3) is 0 Å². The molecular formula is C22H17F2N5O2.